The second-order valence-electron chi connectivity index (χ2n) is 9.86. The van der Waals surface area contributed by atoms with Crippen molar-refractivity contribution in [2.75, 3.05) is 17.6 Å². The van der Waals surface area contributed by atoms with Crippen LogP contribution in [0, 0.1) is 11.6 Å². The summed E-state index contributed by atoms with van der Waals surface area (Å²) in [5, 5.41) is 0.641. The molecule has 0 spiro atoms. The highest BCUT2D eigenvalue weighted by atomic mass is 32.2. The van der Waals surface area contributed by atoms with Gasteiger partial charge in [-0.25, -0.2) is 27.2 Å². The lowest BCUT2D eigenvalue weighted by Crippen LogP contribution is -2.25. The minimum atomic E-state index is -3.79. The second-order valence-corrected chi connectivity index (χ2v) is 11.9. The van der Waals surface area contributed by atoms with Crippen LogP contribution in [0.25, 0.3) is 62.0 Å². The molecule has 3 aromatic heterocycles. The number of furan rings is 1. The van der Waals surface area contributed by atoms with Gasteiger partial charge in [0.1, 0.15) is 23.0 Å². The van der Waals surface area contributed by atoms with Crippen LogP contribution in [-0.4, -0.2) is 42.6 Å². The van der Waals surface area contributed by atoms with Crippen molar-refractivity contribution in [3.63, 3.8) is 0 Å². The van der Waals surface area contributed by atoms with E-state index < -0.39 is 27.6 Å². The molecule has 0 aliphatic heterocycles. The summed E-state index contributed by atoms with van der Waals surface area (Å²) in [6.45, 7) is 3.84. The number of carbonyl (C=O) groups excluding carboxylic acids is 1. The van der Waals surface area contributed by atoms with Gasteiger partial charge in [-0.1, -0.05) is 18.7 Å². The summed E-state index contributed by atoms with van der Waals surface area (Å²) in [4.78, 5) is 25.1. The molecule has 9 nitrogen and oxygen atoms in total. The number of nitrogens with two attached hydrogens (primary N) is 1. The molecule has 3 heterocycles. The highest BCUT2D eigenvalue weighted by Gasteiger charge is 2.26. The molecule has 0 saturated heterocycles. The van der Waals surface area contributed by atoms with E-state index in [0.717, 1.165) is 10.6 Å². The Hall–Kier alpha value is -5.36. The molecule has 0 saturated carbocycles. The fourth-order valence-electron chi connectivity index (χ4n) is 4.93. The zero-order chi connectivity index (χ0) is 30.6. The largest absolute Gasteiger partial charge is 0.455 e. The standard InChI is InChI=1S/C31H23F2N5O4S/c1-4-16-15-35-31(37-28(16)24-13-19-22(33)6-5-7-23(19)36-24)20-12-21-26(14-25(20)38(2)43(3,40)41)42-29(27(21)30(34)39)17-8-10-18(32)11-9-17/h4-15,36H,1H2,2-3H3,(H2,34,39). The van der Waals surface area contributed by atoms with Crippen molar-refractivity contribution in [2.24, 2.45) is 5.73 Å². The molecule has 0 fully saturated rings. The second kappa shape index (κ2) is 10.2. The molecule has 43 heavy (non-hydrogen) atoms. The summed E-state index contributed by atoms with van der Waals surface area (Å²) < 4.78 is 60.6. The number of amides is 1. The third kappa shape index (κ3) is 4.81. The van der Waals surface area contributed by atoms with Crippen LogP contribution in [0.1, 0.15) is 15.9 Å². The van der Waals surface area contributed by atoms with Crippen molar-refractivity contribution in [3.8, 4) is 34.1 Å². The van der Waals surface area contributed by atoms with Gasteiger partial charge in [-0.15, -0.1) is 0 Å². The summed E-state index contributed by atoms with van der Waals surface area (Å²) in [6, 6.07) is 14.6. The number of benzene rings is 3. The summed E-state index contributed by atoms with van der Waals surface area (Å²) in [6.07, 6.45) is 4.09. The SMILES string of the molecule is C=Cc1cnc(-c2cc3c(C(N)=O)c(-c4ccc(F)cc4)oc3cc2N(C)S(C)(=O)=O)nc1-c1cc2c(F)cccc2[nH]1. The molecule has 6 rings (SSSR count). The number of nitrogens with zero attached hydrogens (tertiary/aromatic N) is 3. The Kier molecular flexibility index (Phi) is 6.57. The fourth-order valence-corrected chi connectivity index (χ4v) is 5.44. The molecule has 3 N–H and O–H groups in total. The fraction of sp³-hybridized carbons (Fsp3) is 0.0645. The van der Waals surface area contributed by atoms with Gasteiger partial charge < -0.3 is 15.1 Å². The Morgan fingerprint density at radius 3 is 2.49 bits per heavy atom. The van der Waals surface area contributed by atoms with Gasteiger partial charge in [-0.2, -0.15) is 0 Å². The molecule has 0 unspecified atom stereocenters. The lowest BCUT2D eigenvalue weighted by atomic mass is 10.0. The average molecular weight is 600 g/mol. The molecule has 0 aliphatic carbocycles. The van der Waals surface area contributed by atoms with E-state index in [1.165, 1.54) is 55.7 Å². The molecule has 0 bridgehead atoms. The summed E-state index contributed by atoms with van der Waals surface area (Å²) in [5.74, 6) is -1.50. The summed E-state index contributed by atoms with van der Waals surface area (Å²) >= 11 is 0. The third-order valence-electron chi connectivity index (χ3n) is 7.14. The van der Waals surface area contributed by atoms with E-state index in [-0.39, 0.29) is 39.4 Å². The highest BCUT2D eigenvalue weighted by molar-refractivity contribution is 7.92. The first kappa shape index (κ1) is 27.8. The van der Waals surface area contributed by atoms with Crippen molar-refractivity contribution in [3.05, 3.63) is 96.2 Å². The minimum Gasteiger partial charge on any atom is -0.455 e. The number of fused-ring (bicyclic) bond motifs is 2. The maximum Gasteiger partial charge on any atom is 0.253 e. The number of hydrogen-bond acceptors (Lipinski definition) is 6. The van der Waals surface area contributed by atoms with Crippen molar-refractivity contribution < 1.29 is 26.4 Å². The van der Waals surface area contributed by atoms with Crippen molar-refractivity contribution in [1.29, 1.82) is 0 Å². The normalized spacial score (nSPS) is 11.7. The number of aromatic amines is 1. The van der Waals surface area contributed by atoms with Crippen LogP contribution in [0.4, 0.5) is 14.5 Å². The van der Waals surface area contributed by atoms with Crippen LogP contribution >= 0.6 is 0 Å². The van der Waals surface area contributed by atoms with E-state index in [2.05, 4.69) is 16.5 Å². The Balaban J connectivity index is 1.63. The molecule has 1 amide bonds. The van der Waals surface area contributed by atoms with E-state index in [1.54, 1.807) is 24.3 Å². The number of H-pyrrole nitrogens is 1. The highest BCUT2D eigenvalue weighted by Crippen LogP contribution is 2.41. The topological polar surface area (TPSA) is 135 Å². The smallest absolute Gasteiger partial charge is 0.253 e. The summed E-state index contributed by atoms with van der Waals surface area (Å²) in [5.41, 5.74) is 8.72. The Morgan fingerprint density at radius 2 is 1.84 bits per heavy atom. The maximum atomic E-state index is 14.5. The molecule has 0 atom stereocenters. The molecule has 6 aromatic rings. The molecular formula is C31H23F2N5O4S. The lowest BCUT2D eigenvalue weighted by molar-refractivity contribution is 0.100. The van der Waals surface area contributed by atoms with Gasteiger partial charge in [0.2, 0.25) is 10.0 Å². The summed E-state index contributed by atoms with van der Waals surface area (Å²) in [7, 11) is -2.43. The zero-order valence-corrected chi connectivity index (χ0v) is 23.7. The molecule has 216 valence electrons. The van der Waals surface area contributed by atoms with Gasteiger partial charge in [0, 0.05) is 52.3 Å². The van der Waals surface area contributed by atoms with Gasteiger partial charge in [-0.05, 0) is 48.5 Å². The average Bonchev–Trinajstić information content (AvgIpc) is 3.58. The number of hydrogen-bond donors (Lipinski definition) is 2. The van der Waals surface area contributed by atoms with Crippen LogP contribution in [0.5, 0.6) is 0 Å². The molecular weight excluding hydrogens is 576 g/mol. The van der Waals surface area contributed by atoms with Gasteiger partial charge in [0.25, 0.3) is 5.91 Å². The molecule has 12 heteroatoms. The Labute approximate surface area is 244 Å². The Bertz CT molecular complexity index is 2210. The minimum absolute atomic E-state index is 0.0189. The number of sulfonamides is 1. The number of primary amides is 1. The van der Waals surface area contributed by atoms with E-state index in [4.69, 9.17) is 15.1 Å². The quantitative estimate of drug-likeness (QED) is 0.227. The zero-order valence-electron chi connectivity index (χ0n) is 22.9. The van der Waals surface area contributed by atoms with E-state index >= 15 is 0 Å². The van der Waals surface area contributed by atoms with Crippen LogP contribution in [0.3, 0.4) is 0 Å². The first-order valence-corrected chi connectivity index (χ1v) is 14.7. The van der Waals surface area contributed by atoms with Crippen molar-refractivity contribution >= 4 is 49.6 Å². The molecule has 0 aliphatic rings. The van der Waals surface area contributed by atoms with E-state index in [0.29, 0.717) is 33.4 Å². The lowest BCUT2D eigenvalue weighted by Gasteiger charge is -2.20. The van der Waals surface area contributed by atoms with Crippen molar-refractivity contribution in [1.82, 2.24) is 15.0 Å². The predicted octanol–water partition coefficient (Wildman–Crippen LogP) is 6.12. The molecule has 3 aromatic carbocycles. The van der Waals surface area contributed by atoms with Crippen molar-refractivity contribution in [2.45, 2.75) is 0 Å². The Morgan fingerprint density at radius 1 is 1.09 bits per heavy atom. The predicted molar refractivity (Wildman–Crippen MR) is 162 cm³/mol. The first-order chi connectivity index (χ1) is 20.5. The molecule has 0 radical (unpaired) electrons. The van der Waals surface area contributed by atoms with Gasteiger partial charge >= 0.3 is 0 Å². The number of halogens is 2. The first-order valence-electron chi connectivity index (χ1n) is 12.8. The number of aromatic nitrogens is 3. The van der Waals surface area contributed by atoms with Crippen LogP contribution in [0.2, 0.25) is 0 Å². The third-order valence-corrected chi connectivity index (χ3v) is 8.33. The van der Waals surface area contributed by atoms with Crippen LogP contribution < -0.4 is 10.0 Å². The number of nitrogens with one attached hydrogen (secondary N) is 1. The maximum absolute atomic E-state index is 14.5. The number of carbonyl (C=O) groups is 1. The van der Waals surface area contributed by atoms with Gasteiger partial charge in [0.15, 0.2) is 5.82 Å². The van der Waals surface area contributed by atoms with Gasteiger partial charge in [-0.3, -0.25) is 9.10 Å². The van der Waals surface area contributed by atoms with Gasteiger partial charge in [0.05, 0.1) is 28.9 Å². The van der Waals surface area contributed by atoms with Crippen LogP contribution in [0.15, 0.2) is 77.9 Å². The monoisotopic (exact) mass is 599 g/mol. The van der Waals surface area contributed by atoms with Crippen LogP contribution in [-0.2, 0) is 10.0 Å². The van der Waals surface area contributed by atoms with E-state index in [9.17, 15) is 22.0 Å². The number of rotatable bonds is 7. The number of anilines is 1. The van der Waals surface area contributed by atoms with E-state index in [1.807, 2.05) is 0 Å².